The summed E-state index contributed by atoms with van der Waals surface area (Å²) < 4.78 is 16.3. The van der Waals surface area contributed by atoms with Crippen molar-refractivity contribution in [3.8, 4) is 11.5 Å². The third-order valence-electron chi connectivity index (χ3n) is 4.54. The Morgan fingerprint density at radius 2 is 1.68 bits per heavy atom. The average molecular weight is 419 g/mol. The van der Waals surface area contributed by atoms with Crippen LogP contribution in [0.25, 0.3) is 0 Å². The predicted octanol–water partition coefficient (Wildman–Crippen LogP) is 4.06. The molecule has 0 aliphatic heterocycles. The molecule has 6 nitrogen and oxygen atoms in total. The van der Waals surface area contributed by atoms with Gasteiger partial charge < -0.3 is 19.5 Å². The highest BCUT2D eigenvalue weighted by Crippen LogP contribution is 2.28. The molecule has 3 aromatic rings. The second-order valence-electron chi connectivity index (χ2n) is 6.98. The molecule has 160 valence electrons. The van der Waals surface area contributed by atoms with E-state index >= 15 is 0 Å². The smallest absolute Gasteiger partial charge is 0.338 e. The minimum Gasteiger partial charge on any atom is -0.493 e. The zero-order valence-electron chi connectivity index (χ0n) is 17.6. The Hall–Kier alpha value is -3.80. The fraction of sp³-hybridized carbons (Fsp3) is 0.200. The molecule has 0 bridgehead atoms. The summed E-state index contributed by atoms with van der Waals surface area (Å²) >= 11 is 0. The first kappa shape index (κ1) is 21.9. The van der Waals surface area contributed by atoms with Crippen LogP contribution in [-0.2, 0) is 22.7 Å². The zero-order valence-corrected chi connectivity index (χ0v) is 17.6. The lowest BCUT2D eigenvalue weighted by Gasteiger charge is -2.13. The first-order valence-corrected chi connectivity index (χ1v) is 9.89. The molecule has 0 aliphatic carbocycles. The van der Waals surface area contributed by atoms with Crippen molar-refractivity contribution in [2.75, 3.05) is 13.7 Å². The lowest BCUT2D eigenvalue weighted by molar-refractivity contribution is -0.124. The molecule has 0 atom stereocenters. The van der Waals surface area contributed by atoms with E-state index in [9.17, 15) is 9.59 Å². The van der Waals surface area contributed by atoms with Crippen molar-refractivity contribution < 1.29 is 23.8 Å². The molecule has 0 fully saturated rings. The van der Waals surface area contributed by atoms with E-state index in [0.29, 0.717) is 23.7 Å². The summed E-state index contributed by atoms with van der Waals surface area (Å²) in [6.45, 7) is 2.24. The van der Waals surface area contributed by atoms with E-state index in [1.807, 2.05) is 49.4 Å². The van der Waals surface area contributed by atoms with Gasteiger partial charge in [-0.2, -0.15) is 0 Å². The van der Waals surface area contributed by atoms with E-state index in [-0.39, 0.29) is 19.1 Å². The van der Waals surface area contributed by atoms with Gasteiger partial charge in [-0.3, -0.25) is 4.79 Å². The molecule has 3 rings (SSSR count). The Morgan fingerprint density at radius 1 is 0.871 bits per heavy atom. The molecule has 0 radical (unpaired) electrons. The normalized spacial score (nSPS) is 10.3. The summed E-state index contributed by atoms with van der Waals surface area (Å²) in [7, 11) is 1.57. The number of carbonyl (C=O) groups is 2. The van der Waals surface area contributed by atoms with Gasteiger partial charge in [0.1, 0.15) is 6.61 Å². The zero-order chi connectivity index (χ0) is 22.1. The summed E-state index contributed by atoms with van der Waals surface area (Å²) in [5, 5.41) is 2.73. The Kier molecular flexibility index (Phi) is 7.65. The fourth-order valence-corrected chi connectivity index (χ4v) is 2.91. The molecule has 0 saturated carbocycles. The van der Waals surface area contributed by atoms with Crippen molar-refractivity contribution in [2.45, 2.75) is 20.1 Å². The summed E-state index contributed by atoms with van der Waals surface area (Å²) in [5.74, 6) is 0.284. The van der Waals surface area contributed by atoms with Crippen LogP contribution in [0.15, 0.2) is 72.8 Å². The lowest BCUT2D eigenvalue weighted by Crippen LogP contribution is -2.28. The SMILES string of the molecule is COc1cc(CNC(=O)COC(=O)c2cccc(C)c2)ccc1OCc1ccccc1. The van der Waals surface area contributed by atoms with Gasteiger partial charge in [0.15, 0.2) is 18.1 Å². The number of benzene rings is 3. The molecule has 31 heavy (non-hydrogen) atoms. The highest BCUT2D eigenvalue weighted by molar-refractivity contribution is 5.91. The summed E-state index contributed by atoms with van der Waals surface area (Å²) in [5.41, 5.74) is 3.26. The average Bonchev–Trinajstić information content (AvgIpc) is 2.80. The van der Waals surface area contributed by atoms with Gasteiger partial charge >= 0.3 is 5.97 Å². The van der Waals surface area contributed by atoms with Crippen LogP contribution in [0.3, 0.4) is 0 Å². The largest absolute Gasteiger partial charge is 0.493 e. The second kappa shape index (κ2) is 10.8. The molecular weight excluding hydrogens is 394 g/mol. The third kappa shape index (κ3) is 6.60. The van der Waals surface area contributed by atoms with Crippen LogP contribution in [0.1, 0.15) is 27.0 Å². The Labute approximate surface area is 181 Å². The minimum absolute atomic E-state index is 0.274. The fourth-order valence-electron chi connectivity index (χ4n) is 2.91. The summed E-state index contributed by atoms with van der Waals surface area (Å²) in [6, 6.07) is 22.3. The highest BCUT2D eigenvalue weighted by Gasteiger charge is 2.11. The Balaban J connectivity index is 1.49. The van der Waals surface area contributed by atoms with Gasteiger partial charge in [0.2, 0.25) is 0 Å². The van der Waals surface area contributed by atoms with Crippen molar-refractivity contribution in [1.82, 2.24) is 5.32 Å². The summed E-state index contributed by atoms with van der Waals surface area (Å²) in [4.78, 5) is 24.1. The first-order chi connectivity index (χ1) is 15.0. The van der Waals surface area contributed by atoms with Gasteiger partial charge in [0.25, 0.3) is 5.91 Å². The molecule has 1 amide bonds. The van der Waals surface area contributed by atoms with Crippen LogP contribution >= 0.6 is 0 Å². The predicted molar refractivity (Wildman–Crippen MR) is 117 cm³/mol. The standard InChI is InChI=1S/C25H25NO5/c1-18-7-6-10-21(13-18)25(28)31-17-24(27)26-15-20-11-12-22(23(14-20)29-2)30-16-19-8-4-3-5-9-19/h3-14H,15-17H2,1-2H3,(H,26,27). The number of rotatable bonds is 9. The molecule has 0 heterocycles. The van der Waals surface area contributed by atoms with Gasteiger partial charge in [-0.1, -0.05) is 54.1 Å². The number of aryl methyl sites for hydroxylation is 1. The van der Waals surface area contributed by atoms with Gasteiger partial charge in [-0.25, -0.2) is 4.79 Å². The van der Waals surface area contributed by atoms with Crippen molar-refractivity contribution in [1.29, 1.82) is 0 Å². The highest BCUT2D eigenvalue weighted by atomic mass is 16.5. The molecule has 3 aromatic carbocycles. The summed E-state index contributed by atoms with van der Waals surface area (Å²) in [6.07, 6.45) is 0. The lowest BCUT2D eigenvalue weighted by atomic mass is 10.1. The van der Waals surface area contributed by atoms with Crippen molar-refractivity contribution >= 4 is 11.9 Å². The van der Waals surface area contributed by atoms with Crippen LogP contribution in [0, 0.1) is 6.92 Å². The molecular formula is C25H25NO5. The van der Waals surface area contributed by atoms with E-state index in [1.165, 1.54) is 0 Å². The Bertz CT molecular complexity index is 1030. The van der Waals surface area contributed by atoms with E-state index in [2.05, 4.69) is 5.32 Å². The van der Waals surface area contributed by atoms with E-state index in [1.54, 1.807) is 37.4 Å². The number of methoxy groups -OCH3 is 1. The molecule has 1 N–H and O–H groups in total. The van der Waals surface area contributed by atoms with E-state index in [4.69, 9.17) is 14.2 Å². The molecule has 0 saturated heterocycles. The Morgan fingerprint density at radius 3 is 2.42 bits per heavy atom. The van der Waals surface area contributed by atoms with Crippen molar-refractivity contribution in [3.05, 3.63) is 95.1 Å². The van der Waals surface area contributed by atoms with Crippen molar-refractivity contribution in [3.63, 3.8) is 0 Å². The van der Waals surface area contributed by atoms with Crippen LogP contribution in [0.4, 0.5) is 0 Å². The van der Waals surface area contributed by atoms with E-state index in [0.717, 1.165) is 16.7 Å². The van der Waals surface area contributed by atoms with Crippen LogP contribution < -0.4 is 14.8 Å². The molecule has 6 heteroatoms. The van der Waals surface area contributed by atoms with Crippen LogP contribution in [-0.4, -0.2) is 25.6 Å². The quantitative estimate of drug-likeness (QED) is 0.530. The maximum absolute atomic E-state index is 12.1. The third-order valence-corrected chi connectivity index (χ3v) is 4.54. The molecule has 0 aromatic heterocycles. The number of amides is 1. The first-order valence-electron chi connectivity index (χ1n) is 9.89. The number of nitrogens with one attached hydrogen (secondary N) is 1. The number of hydrogen-bond acceptors (Lipinski definition) is 5. The maximum atomic E-state index is 12.1. The second-order valence-corrected chi connectivity index (χ2v) is 6.98. The van der Waals surface area contributed by atoms with Gasteiger partial charge in [0, 0.05) is 6.54 Å². The minimum atomic E-state index is -0.527. The number of hydrogen-bond donors (Lipinski definition) is 1. The van der Waals surface area contributed by atoms with Crippen LogP contribution in [0.2, 0.25) is 0 Å². The van der Waals surface area contributed by atoms with Crippen molar-refractivity contribution in [2.24, 2.45) is 0 Å². The van der Waals surface area contributed by atoms with Gasteiger partial charge in [-0.05, 0) is 42.3 Å². The molecule has 0 aliphatic rings. The molecule has 0 unspecified atom stereocenters. The number of esters is 1. The number of carbonyl (C=O) groups excluding carboxylic acids is 2. The monoisotopic (exact) mass is 419 g/mol. The van der Waals surface area contributed by atoms with Gasteiger partial charge in [-0.15, -0.1) is 0 Å². The topological polar surface area (TPSA) is 73.9 Å². The van der Waals surface area contributed by atoms with Crippen LogP contribution in [0.5, 0.6) is 11.5 Å². The maximum Gasteiger partial charge on any atom is 0.338 e. The number of ether oxygens (including phenoxy) is 3. The molecule has 0 spiro atoms. The van der Waals surface area contributed by atoms with Gasteiger partial charge in [0.05, 0.1) is 12.7 Å². The van der Waals surface area contributed by atoms with E-state index < -0.39 is 5.97 Å².